The van der Waals surface area contributed by atoms with E-state index in [0.29, 0.717) is 11.8 Å². The molecule has 0 aromatic heterocycles. The van der Waals surface area contributed by atoms with Gasteiger partial charge < -0.3 is 0 Å². The average Bonchev–Trinajstić information content (AvgIpc) is 2.12. The Morgan fingerprint density at radius 3 is 2.10 bits per heavy atom. The van der Waals surface area contributed by atoms with Gasteiger partial charge in [-0.2, -0.15) is 0 Å². The quantitative estimate of drug-likeness (QED) is 0.523. The van der Waals surface area contributed by atoms with Crippen LogP contribution in [-0.4, -0.2) is 25.5 Å². The van der Waals surface area contributed by atoms with Crippen LogP contribution >= 0.6 is 0 Å². The molecule has 0 unspecified atom stereocenters. The first-order valence-corrected chi connectivity index (χ1v) is 3.79. The topological polar surface area (TPSA) is 24.7 Å². The van der Waals surface area contributed by atoms with E-state index in [2.05, 4.69) is 23.8 Å². The Kier molecular flexibility index (Phi) is 2.60. The first-order valence-electron chi connectivity index (χ1n) is 3.79. The van der Waals surface area contributed by atoms with Crippen LogP contribution in [0.25, 0.3) is 0 Å². The monoisotopic (exact) mass is 138 g/mol. The number of nitrogens with zero attached hydrogens (tertiary/aromatic N) is 2. The van der Waals surface area contributed by atoms with Crippen LogP contribution in [0.3, 0.4) is 0 Å². The highest BCUT2D eigenvalue weighted by atomic mass is 14.8. The van der Waals surface area contributed by atoms with Crippen LogP contribution in [0.1, 0.15) is 13.8 Å². The van der Waals surface area contributed by atoms with Gasteiger partial charge in [-0.05, 0) is 5.92 Å². The van der Waals surface area contributed by atoms with Crippen LogP contribution < -0.4 is 0 Å². The summed E-state index contributed by atoms with van der Waals surface area (Å²) in [6.07, 6.45) is 3.59. The van der Waals surface area contributed by atoms with E-state index in [1.807, 2.05) is 0 Å². The number of hydrogen-bond acceptors (Lipinski definition) is 2. The zero-order chi connectivity index (χ0) is 7.40. The molecular formula is C8H14N2. The van der Waals surface area contributed by atoms with Crippen molar-refractivity contribution in [3.8, 4) is 0 Å². The fraction of sp³-hybridized carbons (Fsp3) is 0.750. The molecule has 0 N–H and O–H groups in total. The molecule has 0 aliphatic carbocycles. The van der Waals surface area contributed by atoms with Gasteiger partial charge in [0.1, 0.15) is 0 Å². The molecule has 0 aromatic carbocycles. The van der Waals surface area contributed by atoms with Gasteiger partial charge >= 0.3 is 0 Å². The van der Waals surface area contributed by atoms with E-state index in [4.69, 9.17) is 0 Å². The Labute approximate surface area is 62.1 Å². The smallest absolute Gasteiger partial charge is 0.0438 e. The predicted molar refractivity (Wildman–Crippen MR) is 45.0 cm³/mol. The van der Waals surface area contributed by atoms with Crippen molar-refractivity contribution in [3.05, 3.63) is 0 Å². The first-order chi connectivity index (χ1) is 4.80. The Morgan fingerprint density at radius 2 is 1.70 bits per heavy atom. The normalized spacial score (nSPS) is 19.9. The molecule has 0 aromatic rings. The molecule has 0 radical (unpaired) electrons. The molecule has 1 aliphatic rings. The van der Waals surface area contributed by atoms with Crippen LogP contribution in [0.2, 0.25) is 0 Å². The minimum atomic E-state index is 0.648. The summed E-state index contributed by atoms with van der Waals surface area (Å²) in [7, 11) is 0. The van der Waals surface area contributed by atoms with E-state index < -0.39 is 0 Å². The van der Waals surface area contributed by atoms with Crippen LogP contribution in [0.15, 0.2) is 9.98 Å². The highest BCUT2D eigenvalue weighted by Crippen LogP contribution is 2.11. The van der Waals surface area contributed by atoms with Crippen molar-refractivity contribution in [3.63, 3.8) is 0 Å². The summed E-state index contributed by atoms with van der Waals surface area (Å²) >= 11 is 0. The Balaban J connectivity index is 2.47. The van der Waals surface area contributed by atoms with E-state index >= 15 is 0 Å². The van der Waals surface area contributed by atoms with Crippen LogP contribution in [0, 0.1) is 11.8 Å². The Bertz CT molecular complexity index is 133. The average molecular weight is 138 g/mol. The van der Waals surface area contributed by atoms with E-state index in [1.165, 1.54) is 0 Å². The molecule has 0 saturated carbocycles. The molecule has 0 atom stereocenters. The van der Waals surface area contributed by atoms with Gasteiger partial charge in [-0.15, -0.1) is 0 Å². The van der Waals surface area contributed by atoms with Gasteiger partial charge in [0, 0.05) is 31.4 Å². The van der Waals surface area contributed by atoms with Gasteiger partial charge in [-0.25, -0.2) is 0 Å². The van der Waals surface area contributed by atoms with Gasteiger partial charge in [0.15, 0.2) is 0 Å². The summed E-state index contributed by atoms with van der Waals surface area (Å²) in [5.74, 6) is 1.35. The third-order valence-corrected chi connectivity index (χ3v) is 1.90. The summed E-state index contributed by atoms with van der Waals surface area (Å²) in [6, 6.07) is 0. The van der Waals surface area contributed by atoms with Crippen molar-refractivity contribution in [1.82, 2.24) is 0 Å². The standard InChI is InChI=1S/C8H14N2/c1-7(2)8-5-9-3-4-10-6-8/h3-4,7-8H,5-6H2,1-2H3. The lowest BCUT2D eigenvalue weighted by Gasteiger charge is -2.14. The van der Waals surface area contributed by atoms with E-state index in [9.17, 15) is 0 Å². The molecule has 1 rings (SSSR count). The third kappa shape index (κ3) is 1.94. The third-order valence-electron chi connectivity index (χ3n) is 1.90. The van der Waals surface area contributed by atoms with Gasteiger partial charge in [-0.1, -0.05) is 13.8 Å². The van der Waals surface area contributed by atoms with Crippen molar-refractivity contribution >= 4 is 12.4 Å². The van der Waals surface area contributed by atoms with E-state index in [-0.39, 0.29) is 0 Å². The van der Waals surface area contributed by atoms with Crippen LogP contribution in [0.5, 0.6) is 0 Å². The Morgan fingerprint density at radius 1 is 1.20 bits per heavy atom. The first kappa shape index (κ1) is 7.45. The van der Waals surface area contributed by atoms with Crippen LogP contribution in [-0.2, 0) is 0 Å². The molecule has 2 nitrogen and oxygen atoms in total. The lowest BCUT2D eigenvalue weighted by atomic mass is 9.96. The van der Waals surface area contributed by atoms with Crippen molar-refractivity contribution in [2.45, 2.75) is 13.8 Å². The van der Waals surface area contributed by atoms with E-state index in [1.54, 1.807) is 12.4 Å². The van der Waals surface area contributed by atoms with Gasteiger partial charge in [0.05, 0.1) is 0 Å². The molecule has 1 aliphatic heterocycles. The minimum absolute atomic E-state index is 0.648. The second-order valence-corrected chi connectivity index (χ2v) is 3.03. The highest BCUT2D eigenvalue weighted by Gasteiger charge is 2.11. The molecule has 2 heteroatoms. The van der Waals surface area contributed by atoms with Crippen molar-refractivity contribution in [2.24, 2.45) is 21.8 Å². The van der Waals surface area contributed by atoms with Crippen molar-refractivity contribution in [1.29, 1.82) is 0 Å². The van der Waals surface area contributed by atoms with Crippen molar-refractivity contribution in [2.75, 3.05) is 13.1 Å². The number of rotatable bonds is 1. The van der Waals surface area contributed by atoms with Crippen LogP contribution in [0.4, 0.5) is 0 Å². The molecule has 0 saturated heterocycles. The summed E-state index contributed by atoms with van der Waals surface area (Å²) in [5.41, 5.74) is 0. The molecule has 0 spiro atoms. The molecule has 10 heavy (non-hydrogen) atoms. The summed E-state index contributed by atoms with van der Waals surface area (Å²) < 4.78 is 0. The molecule has 1 heterocycles. The summed E-state index contributed by atoms with van der Waals surface area (Å²) in [5, 5.41) is 0. The highest BCUT2D eigenvalue weighted by molar-refractivity contribution is 6.16. The van der Waals surface area contributed by atoms with Gasteiger partial charge in [0.25, 0.3) is 0 Å². The minimum Gasteiger partial charge on any atom is -0.291 e. The van der Waals surface area contributed by atoms with Gasteiger partial charge in [-0.3, -0.25) is 9.98 Å². The maximum Gasteiger partial charge on any atom is 0.0438 e. The zero-order valence-electron chi connectivity index (χ0n) is 6.62. The van der Waals surface area contributed by atoms with Gasteiger partial charge in [0.2, 0.25) is 0 Å². The molecule has 0 amide bonds. The summed E-state index contributed by atoms with van der Waals surface area (Å²) in [6.45, 7) is 6.33. The fourth-order valence-electron chi connectivity index (χ4n) is 0.966. The summed E-state index contributed by atoms with van der Waals surface area (Å²) in [4.78, 5) is 8.40. The number of hydrogen-bond donors (Lipinski definition) is 0. The second-order valence-electron chi connectivity index (χ2n) is 3.03. The maximum absolute atomic E-state index is 4.20. The molecule has 0 fully saturated rings. The zero-order valence-corrected chi connectivity index (χ0v) is 6.62. The molecular weight excluding hydrogens is 124 g/mol. The molecule has 0 bridgehead atoms. The SMILES string of the molecule is CC(C)C1CN=CC=NC1. The lowest BCUT2D eigenvalue weighted by Crippen LogP contribution is -2.14. The van der Waals surface area contributed by atoms with E-state index in [0.717, 1.165) is 13.1 Å². The maximum atomic E-state index is 4.20. The second kappa shape index (κ2) is 3.49. The lowest BCUT2D eigenvalue weighted by molar-refractivity contribution is 0.408. The van der Waals surface area contributed by atoms with Crippen molar-refractivity contribution < 1.29 is 0 Å². The number of aliphatic imine (C=N–C) groups is 2. The largest absolute Gasteiger partial charge is 0.291 e. The fourth-order valence-corrected chi connectivity index (χ4v) is 0.966. The predicted octanol–water partition coefficient (Wildman–Crippen LogP) is 1.41. The Hall–Kier alpha value is -0.660. The molecule has 56 valence electrons.